The van der Waals surface area contributed by atoms with Crippen molar-refractivity contribution >= 4 is 21.9 Å². The summed E-state index contributed by atoms with van der Waals surface area (Å²) in [7, 11) is 0. The largest absolute Gasteiger partial charge is 0.460 e. The average Bonchev–Trinajstić information content (AvgIpc) is 2.26. The zero-order chi connectivity index (χ0) is 12.3. The van der Waals surface area contributed by atoms with Crippen molar-refractivity contribution in [3.63, 3.8) is 0 Å². The van der Waals surface area contributed by atoms with Gasteiger partial charge in [0.15, 0.2) is 0 Å². The molecule has 4 heteroatoms. The lowest BCUT2D eigenvalue weighted by Crippen LogP contribution is -2.45. The van der Waals surface area contributed by atoms with Gasteiger partial charge in [0, 0.05) is 11.0 Å². The first kappa shape index (κ1) is 12.6. The maximum Gasteiger partial charge on any atom is 0.313 e. The van der Waals surface area contributed by atoms with E-state index in [0.717, 1.165) is 29.3 Å². The molecular formula is C13H16BrNO2. The van der Waals surface area contributed by atoms with Crippen molar-refractivity contribution in [3.8, 4) is 0 Å². The zero-order valence-corrected chi connectivity index (χ0v) is 11.2. The highest BCUT2D eigenvalue weighted by molar-refractivity contribution is 9.10. The number of hydrogen-bond acceptors (Lipinski definition) is 3. The van der Waals surface area contributed by atoms with Gasteiger partial charge in [0.2, 0.25) is 0 Å². The van der Waals surface area contributed by atoms with E-state index < -0.39 is 5.41 Å². The maximum atomic E-state index is 11.9. The molecule has 1 aliphatic rings. The van der Waals surface area contributed by atoms with Crippen molar-refractivity contribution in [3.05, 3.63) is 34.3 Å². The van der Waals surface area contributed by atoms with E-state index >= 15 is 0 Å². The van der Waals surface area contributed by atoms with Gasteiger partial charge in [-0.15, -0.1) is 0 Å². The van der Waals surface area contributed by atoms with Crippen LogP contribution >= 0.6 is 15.9 Å². The predicted octanol–water partition coefficient (Wildman–Crippen LogP) is 2.62. The first-order valence-electron chi connectivity index (χ1n) is 5.78. The molecule has 1 saturated carbocycles. The first-order chi connectivity index (χ1) is 8.16. The van der Waals surface area contributed by atoms with Crippen LogP contribution < -0.4 is 5.73 Å². The first-order valence-corrected chi connectivity index (χ1v) is 6.57. The molecule has 2 rings (SSSR count). The van der Waals surface area contributed by atoms with Crippen molar-refractivity contribution in [1.29, 1.82) is 0 Å². The minimum absolute atomic E-state index is 0.147. The van der Waals surface area contributed by atoms with Gasteiger partial charge in [-0.3, -0.25) is 4.79 Å². The lowest BCUT2D eigenvalue weighted by Gasteiger charge is -2.37. The topological polar surface area (TPSA) is 52.3 Å². The lowest BCUT2D eigenvalue weighted by molar-refractivity contribution is -0.162. The molecular weight excluding hydrogens is 282 g/mol. The predicted molar refractivity (Wildman–Crippen MR) is 69.3 cm³/mol. The molecule has 0 heterocycles. The summed E-state index contributed by atoms with van der Waals surface area (Å²) in [6.45, 7) is 0.713. The minimum Gasteiger partial charge on any atom is -0.460 e. The number of rotatable bonds is 4. The Labute approximate surface area is 109 Å². The molecule has 1 aliphatic carbocycles. The summed E-state index contributed by atoms with van der Waals surface area (Å²) in [5.74, 6) is -0.147. The van der Waals surface area contributed by atoms with Crippen molar-refractivity contribution in [2.75, 3.05) is 6.54 Å². The fourth-order valence-corrected chi connectivity index (χ4v) is 2.47. The van der Waals surface area contributed by atoms with Crippen LogP contribution in [0.5, 0.6) is 0 Å². The van der Waals surface area contributed by atoms with Crippen molar-refractivity contribution in [1.82, 2.24) is 0 Å². The molecule has 1 aromatic rings. The second-order valence-electron chi connectivity index (χ2n) is 4.54. The van der Waals surface area contributed by atoms with Crippen LogP contribution in [0, 0.1) is 5.41 Å². The van der Waals surface area contributed by atoms with Gasteiger partial charge in [0.25, 0.3) is 0 Å². The normalized spacial score (nSPS) is 17.3. The van der Waals surface area contributed by atoms with Gasteiger partial charge < -0.3 is 10.5 Å². The third kappa shape index (κ3) is 2.69. The fraction of sp³-hybridized carbons (Fsp3) is 0.462. The van der Waals surface area contributed by atoms with E-state index in [4.69, 9.17) is 10.5 Å². The maximum absolute atomic E-state index is 11.9. The molecule has 0 spiro atoms. The highest BCUT2D eigenvalue weighted by Crippen LogP contribution is 2.41. The molecule has 0 saturated heterocycles. The quantitative estimate of drug-likeness (QED) is 0.869. The summed E-state index contributed by atoms with van der Waals surface area (Å²) in [4.78, 5) is 11.9. The molecule has 17 heavy (non-hydrogen) atoms. The summed E-state index contributed by atoms with van der Waals surface area (Å²) in [6.07, 6.45) is 2.80. The molecule has 0 unspecified atom stereocenters. The van der Waals surface area contributed by atoms with Gasteiger partial charge in [-0.2, -0.15) is 0 Å². The van der Waals surface area contributed by atoms with Crippen molar-refractivity contribution in [2.24, 2.45) is 11.1 Å². The van der Waals surface area contributed by atoms with Crippen LogP contribution in [0.2, 0.25) is 0 Å². The molecule has 2 N–H and O–H groups in total. The Balaban J connectivity index is 1.92. The zero-order valence-electron chi connectivity index (χ0n) is 9.62. The average molecular weight is 298 g/mol. The van der Waals surface area contributed by atoms with Crippen LogP contribution in [0.15, 0.2) is 28.7 Å². The van der Waals surface area contributed by atoms with Crippen LogP contribution in [-0.2, 0) is 16.1 Å². The highest BCUT2D eigenvalue weighted by atomic mass is 79.9. The molecule has 3 nitrogen and oxygen atoms in total. The number of nitrogens with two attached hydrogens (primary N) is 1. The number of carbonyl (C=O) groups excluding carboxylic acids is 1. The number of esters is 1. The van der Waals surface area contributed by atoms with Crippen LogP contribution in [0.4, 0.5) is 0 Å². The Bertz CT molecular complexity index is 410. The second-order valence-corrected chi connectivity index (χ2v) is 5.46. The van der Waals surface area contributed by atoms with Crippen LogP contribution in [0.25, 0.3) is 0 Å². The van der Waals surface area contributed by atoms with E-state index in [9.17, 15) is 4.79 Å². The van der Waals surface area contributed by atoms with Gasteiger partial charge in [-0.05, 0) is 30.5 Å². The van der Waals surface area contributed by atoms with E-state index in [1.165, 1.54) is 0 Å². The smallest absolute Gasteiger partial charge is 0.313 e. The van der Waals surface area contributed by atoms with E-state index in [-0.39, 0.29) is 5.97 Å². The SMILES string of the molecule is NCC1(C(=O)OCc2cccc(Br)c2)CCC1. The highest BCUT2D eigenvalue weighted by Gasteiger charge is 2.44. The molecule has 0 amide bonds. The summed E-state index contributed by atoms with van der Waals surface area (Å²) in [5, 5.41) is 0. The van der Waals surface area contributed by atoms with Crippen molar-refractivity contribution < 1.29 is 9.53 Å². The summed E-state index contributed by atoms with van der Waals surface area (Å²) < 4.78 is 6.33. The molecule has 0 bridgehead atoms. The van der Waals surface area contributed by atoms with Crippen molar-refractivity contribution in [2.45, 2.75) is 25.9 Å². The molecule has 0 atom stereocenters. The molecule has 0 radical (unpaired) electrons. The number of halogens is 1. The van der Waals surface area contributed by atoms with E-state index in [1.54, 1.807) is 0 Å². The Morgan fingerprint density at radius 1 is 1.47 bits per heavy atom. The van der Waals surface area contributed by atoms with Gasteiger partial charge in [0.1, 0.15) is 6.61 Å². The Morgan fingerprint density at radius 3 is 2.76 bits per heavy atom. The number of hydrogen-bond donors (Lipinski definition) is 1. The monoisotopic (exact) mass is 297 g/mol. The summed E-state index contributed by atoms with van der Waals surface area (Å²) >= 11 is 3.39. The van der Waals surface area contributed by atoms with Crippen LogP contribution in [-0.4, -0.2) is 12.5 Å². The number of ether oxygens (including phenoxy) is 1. The number of benzene rings is 1. The third-order valence-electron chi connectivity index (χ3n) is 3.39. The molecule has 0 aliphatic heterocycles. The Hall–Kier alpha value is -0.870. The Morgan fingerprint density at radius 2 is 2.24 bits per heavy atom. The second kappa shape index (κ2) is 5.19. The Kier molecular flexibility index (Phi) is 3.84. The van der Waals surface area contributed by atoms with Gasteiger partial charge in [0.05, 0.1) is 5.41 Å². The van der Waals surface area contributed by atoms with Gasteiger partial charge >= 0.3 is 5.97 Å². The van der Waals surface area contributed by atoms with Crippen LogP contribution in [0.1, 0.15) is 24.8 Å². The lowest BCUT2D eigenvalue weighted by atomic mass is 9.69. The molecule has 0 aromatic heterocycles. The standard InChI is InChI=1S/C13H16BrNO2/c14-11-4-1-3-10(7-11)8-17-12(16)13(9-15)5-2-6-13/h1,3-4,7H,2,5-6,8-9,15H2. The van der Waals surface area contributed by atoms with E-state index in [2.05, 4.69) is 15.9 Å². The summed E-state index contributed by atoms with van der Waals surface area (Å²) in [5.41, 5.74) is 6.24. The van der Waals surface area contributed by atoms with E-state index in [1.807, 2.05) is 24.3 Å². The van der Waals surface area contributed by atoms with E-state index in [0.29, 0.717) is 13.2 Å². The number of carbonyl (C=O) groups is 1. The molecule has 92 valence electrons. The molecule has 1 aromatic carbocycles. The van der Waals surface area contributed by atoms with Gasteiger partial charge in [-0.25, -0.2) is 0 Å². The minimum atomic E-state index is -0.397. The third-order valence-corrected chi connectivity index (χ3v) is 3.89. The van der Waals surface area contributed by atoms with Crippen LogP contribution in [0.3, 0.4) is 0 Å². The fourth-order valence-electron chi connectivity index (χ4n) is 2.02. The van der Waals surface area contributed by atoms with Gasteiger partial charge in [-0.1, -0.05) is 34.5 Å². The summed E-state index contributed by atoms with van der Waals surface area (Å²) in [6, 6.07) is 7.75. The molecule has 1 fully saturated rings.